The van der Waals surface area contributed by atoms with Gasteiger partial charge in [-0.2, -0.15) is 0 Å². The van der Waals surface area contributed by atoms with Gasteiger partial charge in [-0.05, 0) is 52.8 Å². The Morgan fingerprint density at radius 2 is 1.46 bits per heavy atom. The molecule has 0 bridgehead atoms. The van der Waals surface area contributed by atoms with E-state index in [1.54, 1.807) is 24.3 Å². The second kappa shape index (κ2) is 5.48. The average Bonchev–Trinajstić information content (AvgIpc) is 2.77. The molecule has 0 spiro atoms. The summed E-state index contributed by atoms with van der Waals surface area (Å²) in [5.41, 5.74) is 3.37. The zero-order chi connectivity index (χ0) is 17.6. The highest BCUT2D eigenvalue weighted by molar-refractivity contribution is 5.88. The van der Waals surface area contributed by atoms with Gasteiger partial charge in [0.15, 0.2) is 0 Å². The van der Waals surface area contributed by atoms with Crippen LogP contribution in [0.2, 0.25) is 0 Å². The molecule has 0 aromatic heterocycles. The Labute approximate surface area is 140 Å². The van der Waals surface area contributed by atoms with Crippen LogP contribution in [0.3, 0.4) is 0 Å². The molecular weight excluding hydrogens is 304 g/mol. The largest absolute Gasteiger partial charge is 0.478 e. The summed E-state index contributed by atoms with van der Waals surface area (Å²) in [6.45, 7) is 6.43. The van der Waals surface area contributed by atoms with E-state index in [0.29, 0.717) is 5.92 Å². The Kier molecular flexibility index (Phi) is 3.71. The Balaban J connectivity index is 2.18. The summed E-state index contributed by atoms with van der Waals surface area (Å²) >= 11 is 0. The highest BCUT2D eigenvalue weighted by Crippen LogP contribution is 2.53. The van der Waals surface area contributed by atoms with Crippen molar-refractivity contribution in [3.05, 3.63) is 70.3 Å². The van der Waals surface area contributed by atoms with Crippen LogP contribution < -0.4 is 0 Å². The molecule has 3 unspecified atom stereocenters. The van der Waals surface area contributed by atoms with Crippen LogP contribution >= 0.6 is 0 Å². The van der Waals surface area contributed by atoms with Crippen LogP contribution in [-0.4, -0.2) is 22.2 Å². The van der Waals surface area contributed by atoms with Gasteiger partial charge in [-0.25, -0.2) is 9.59 Å². The van der Waals surface area contributed by atoms with Gasteiger partial charge in [-0.1, -0.05) is 39.0 Å². The minimum Gasteiger partial charge on any atom is -0.478 e. The van der Waals surface area contributed by atoms with Crippen molar-refractivity contribution in [2.75, 3.05) is 0 Å². The zero-order valence-electron chi connectivity index (χ0n) is 13.9. The monoisotopic (exact) mass is 324 g/mol. The van der Waals surface area contributed by atoms with Gasteiger partial charge >= 0.3 is 11.9 Å². The molecule has 0 amide bonds. The van der Waals surface area contributed by atoms with Crippen LogP contribution in [0.4, 0.5) is 0 Å². The second-order valence-corrected chi connectivity index (χ2v) is 6.77. The molecule has 124 valence electrons. The number of carboxylic acids is 2. The maximum Gasteiger partial charge on any atom is 0.335 e. The lowest BCUT2D eigenvalue weighted by molar-refractivity contribution is 0.0686. The van der Waals surface area contributed by atoms with Crippen molar-refractivity contribution >= 4 is 11.9 Å². The topological polar surface area (TPSA) is 74.6 Å². The molecule has 0 aliphatic heterocycles. The number of carbonyl (C=O) groups is 2. The normalized spacial score (nSPS) is 25.3. The zero-order valence-corrected chi connectivity index (χ0v) is 13.9. The number of hydrogen-bond acceptors (Lipinski definition) is 2. The van der Waals surface area contributed by atoms with Crippen molar-refractivity contribution in [1.82, 2.24) is 0 Å². The van der Waals surface area contributed by atoms with E-state index in [1.165, 1.54) is 0 Å². The molecule has 4 heteroatoms. The number of benzene rings is 2. The maximum absolute atomic E-state index is 11.4. The second-order valence-electron chi connectivity index (χ2n) is 6.77. The SMILES string of the molecule is CC1c2ccc(C(=O)O)cc2C(C)(c2ccc(C(=O)O)cc2)C1C. The Bertz CT molecular complexity index is 822. The lowest BCUT2D eigenvalue weighted by Crippen LogP contribution is -2.28. The Morgan fingerprint density at radius 1 is 0.917 bits per heavy atom. The van der Waals surface area contributed by atoms with Gasteiger partial charge in [-0.3, -0.25) is 0 Å². The van der Waals surface area contributed by atoms with Crippen LogP contribution in [0.15, 0.2) is 42.5 Å². The van der Waals surface area contributed by atoms with Gasteiger partial charge < -0.3 is 10.2 Å². The fourth-order valence-corrected chi connectivity index (χ4v) is 3.93. The third-order valence-corrected chi connectivity index (χ3v) is 5.74. The molecule has 1 aliphatic carbocycles. The summed E-state index contributed by atoms with van der Waals surface area (Å²) < 4.78 is 0. The molecule has 0 saturated carbocycles. The van der Waals surface area contributed by atoms with Crippen molar-refractivity contribution in [3.8, 4) is 0 Å². The fourth-order valence-electron chi connectivity index (χ4n) is 3.93. The van der Waals surface area contributed by atoms with Crippen molar-refractivity contribution in [1.29, 1.82) is 0 Å². The van der Waals surface area contributed by atoms with E-state index >= 15 is 0 Å². The molecule has 1 aliphatic rings. The quantitative estimate of drug-likeness (QED) is 0.889. The van der Waals surface area contributed by atoms with Crippen LogP contribution in [0, 0.1) is 5.92 Å². The third kappa shape index (κ3) is 2.21. The number of rotatable bonds is 3. The molecule has 0 radical (unpaired) electrons. The molecule has 4 nitrogen and oxygen atoms in total. The summed E-state index contributed by atoms with van der Waals surface area (Å²) in [5.74, 6) is -1.32. The molecule has 2 N–H and O–H groups in total. The van der Waals surface area contributed by atoms with Crippen LogP contribution in [0.5, 0.6) is 0 Å². The maximum atomic E-state index is 11.4. The molecule has 0 saturated heterocycles. The van der Waals surface area contributed by atoms with E-state index < -0.39 is 11.9 Å². The number of hydrogen-bond donors (Lipinski definition) is 2. The predicted octanol–water partition coefficient (Wildman–Crippen LogP) is 4.14. The summed E-state index contributed by atoms with van der Waals surface area (Å²) in [6.07, 6.45) is 0. The molecule has 2 aromatic carbocycles. The van der Waals surface area contributed by atoms with Crippen LogP contribution in [-0.2, 0) is 5.41 Å². The van der Waals surface area contributed by atoms with E-state index in [1.807, 2.05) is 18.2 Å². The molecule has 3 rings (SSSR count). The molecular formula is C20H20O4. The van der Waals surface area contributed by atoms with Crippen molar-refractivity contribution in [2.24, 2.45) is 5.92 Å². The van der Waals surface area contributed by atoms with Gasteiger partial charge in [0.1, 0.15) is 0 Å². The van der Waals surface area contributed by atoms with Crippen molar-refractivity contribution in [2.45, 2.75) is 32.1 Å². The van der Waals surface area contributed by atoms with E-state index in [-0.39, 0.29) is 22.5 Å². The third-order valence-electron chi connectivity index (χ3n) is 5.74. The predicted molar refractivity (Wildman–Crippen MR) is 90.8 cm³/mol. The van der Waals surface area contributed by atoms with E-state index in [4.69, 9.17) is 5.11 Å². The lowest BCUT2D eigenvalue weighted by Gasteiger charge is -2.33. The smallest absolute Gasteiger partial charge is 0.335 e. The number of carboxylic acid groups (broad SMARTS) is 2. The molecule has 2 aromatic rings. The first-order valence-corrected chi connectivity index (χ1v) is 7.98. The van der Waals surface area contributed by atoms with Crippen molar-refractivity contribution < 1.29 is 19.8 Å². The van der Waals surface area contributed by atoms with Gasteiger partial charge in [-0.15, -0.1) is 0 Å². The lowest BCUT2D eigenvalue weighted by atomic mass is 9.70. The van der Waals surface area contributed by atoms with Gasteiger partial charge in [0.05, 0.1) is 11.1 Å². The summed E-state index contributed by atoms with van der Waals surface area (Å²) in [6, 6.07) is 12.2. The van der Waals surface area contributed by atoms with E-state index in [9.17, 15) is 14.7 Å². The van der Waals surface area contributed by atoms with E-state index in [0.717, 1.165) is 16.7 Å². The van der Waals surface area contributed by atoms with Crippen molar-refractivity contribution in [3.63, 3.8) is 0 Å². The summed E-state index contributed by atoms with van der Waals surface area (Å²) in [5, 5.41) is 18.4. The minimum absolute atomic E-state index is 0.251. The summed E-state index contributed by atoms with van der Waals surface area (Å²) in [4.78, 5) is 22.4. The Hall–Kier alpha value is -2.62. The molecule has 24 heavy (non-hydrogen) atoms. The van der Waals surface area contributed by atoms with Crippen LogP contribution in [0.25, 0.3) is 0 Å². The molecule has 0 heterocycles. The Morgan fingerprint density at radius 3 is 2.00 bits per heavy atom. The van der Waals surface area contributed by atoms with Gasteiger partial charge in [0.25, 0.3) is 0 Å². The van der Waals surface area contributed by atoms with E-state index in [2.05, 4.69) is 20.8 Å². The first-order valence-electron chi connectivity index (χ1n) is 7.98. The molecule has 3 atom stereocenters. The fraction of sp³-hybridized carbons (Fsp3) is 0.300. The minimum atomic E-state index is -0.951. The highest BCUT2D eigenvalue weighted by atomic mass is 16.4. The standard InChI is InChI=1S/C20H20O4/c1-11-12(2)20(3,15-7-4-13(5-8-15)18(21)22)17-10-14(19(23)24)6-9-16(11)17/h4-12H,1-3H3,(H,21,22)(H,23,24). The number of aromatic carboxylic acids is 2. The van der Waals surface area contributed by atoms with Gasteiger partial charge in [0, 0.05) is 5.41 Å². The first kappa shape index (κ1) is 16.2. The van der Waals surface area contributed by atoms with Crippen LogP contribution in [0.1, 0.15) is 64.1 Å². The molecule has 0 fully saturated rings. The summed E-state index contributed by atoms with van der Waals surface area (Å²) in [7, 11) is 0. The average molecular weight is 324 g/mol. The number of fused-ring (bicyclic) bond motifs is 1. The van der Waals surface area contributed by atoms with Gasteiger partial charge in [0.2, 0.25) is 0 Å². The first-order chi connectivity index (χ1) is 11.3. The highest BCUT2D eigenvalue weighted by Gasteiger charge is 2.46.